The van der Waals surface area contributed by atoms with Gasteiger partial charge in [-0.15, -0.1) is 0 Å². The summed E-state index contributed by atoms with van der Waals surface area (Å²) in [7, 11) is 0. The van der Waals surface area contributed by atoms with E-state index in [0.29, 0.717) is 0 Å². The smallest absolute Gasteiger partial charge is 0.325 e. The fraction of sp³-hybridized carbons (Fsp3) is 0.786. The summed E-state index contributed by atoms with van der Waals surface area (Å²) in [6.45, 7) is 1.84. The summed E-state index contributed by atoms with van der Waals surface area (Å²) in [5.74, 6) is -1.40. The number of nitrogens with zero attached hydrogens (tertiary/aromatic N) is 2. The lowest BCUT2D eigenvalue weighted by Gasteiger charge is -2.13. The second-order valence-corrected chi connectivity index (χ2v) is 4.90. The van der Waals surface area contributed by atoms with Gasteiger partial charge in [-0.05, 0) is 12.8 Å². The maximum absolute atomic E-state index is 10.5. The third kappa shape index (κ3) is 11.5. The van der Waals surface area contributed by atoms with Gasteiger partial charge in [0.15, 0.2) is 0 Å². The van der Waals surface area contributed by atoms with E-state index in [1.807, 2.05) is 0 Å². The molecule has 0 saturated heterocycles. The zero-order valence-electron chi connectivity index (χ0n) is 12.5. The molecular weight excluding hydrogens is 256 g/mol. The largest absolute Gasteiger partial charge is 0.480 e. The number of hydrogen-bond acceptors (Lipinski definition) is 3. The van der Waals surface area contributed by atoms with Gasteiger partial charge in [-0.1, -0.05) is 51.9 Å². The second kappa shape index (κ2) is 12.4. The Morgan fingerprint density at radius 1 is 1.20 bits per heavy atom. The molecule has 0 aliphatic heterocycles. The number of carboxylic acids is 1. The van der Waals surface area contributed by atoms with Gasteiger partial charge in [0, 0.05) is 6.21 Å². The molecule has 0 aromatic heterocycles. The van der Waals surface area contributed by atoms with Crippen LogP contribution in [0.1, 0.15) is 64.7 Å². The number of aliphatic carboxylic acids is 1. The van der Waals surface area contributed by atoms with E-state index in [-0.39, 0.29) is 12.5 Å². The van der Waals surface area contributed by atoms with Crippen molar-refractivity contribution in [1.29, 1.82) is 5.41 Å². The highest BCUT2D eigenvalue weighted by atomic mass is 16.4. The monoisotopic (exact) mass is 284 g/mol. The molecule has 0 aromatic rings. The molecule has 6 nitrogen and oxygen atoms in total. The number of carboxylic acid groups (broad SMARTS) is 1. The summed E-state index contributed by atoms with van der Waals surface area (Å²) in [5.41, 5.74) is 5.24. The van der Waals surface area contributed by atoms with Crippen LogP contribution < -0.4 is 5.73 Å². The van der Waals surface area contributed by atoms with Crippen LogP contribution in [0.2, 0.25) is 0 Å². The topological polar surface area (TPSA) is 103 Å². The molecule has 0 fully saturated rings. The summed E-state index contributed by atoms with van der Waals surface area (Å²) < 4.78 is 0. The number of guanidine groups is 1. The van der Waals surface area contributed by atoms with Gasteiger partial charge in [0.2, 0.25) is 5.96 Å². The van der Waals surface area contributed by atoms with Crippen molar-refractivity contribution in [3.63, 3.8) is 0 Å². The predicted molar refractivity (Wildman–Crippen MR) is 82.0 cm³/mol. The Morgan fingerprint density at radius 3 is 2.25 bits per heavy atom. The van der Waals surface area contributed by atoms with E-state index >= 15 is 0 Å². The Bertz CT molecular complexity index is 306. The van der Waals surface area contributed by atoms with E-state index in [1.165, 1.54) is 38.5 Å². The third-order valence-electron chi connectivity index (χ3n) is 2.97. The van der Waals surface area contributed by atoms with Gasteiger partial charge in [-0.3, -0.25) is 10.2 Å². The van der Waals surface area contributed by atoms with Crippen LogP contribution in [-0.2, 0) is 4.79 Å². The fourth-order valence-electron chi connectivity index (χ4n) is 1.84. The summed E-state index contributed by atoms with van der Waals surface area (Å²) in [5, 5.41) is 20.7. The molecule has 0 spiro atoms. The van der Waals surface area contributed by atoms with E-state index in [2.05, 4.69) is 12.0 Å². The highest BCUT2D eigenvalue weighted by Gasteiger charge is 2.08. The van der Waals surface area contributed by atoms with Crippen molar-refractivity contribution in [2.24, 2.45) is 10.8 Å². The summed E-state index contributed by atoms with van der Waals surface area (Å²) >= 11 is 0. The van der Waals surface area contributed by atoms with Crippen molar-refractivity contribution in [3.05, 3.63) is 0 Å². The third-order valence-corrected chi connectivity index (χ3v) is 2.97. The average molecular weight is 284 g/mol. The van der Waals surface area contributed by atoms with Gasteiger partial charge in [0.25, 0.3) is 0 Å². The zero-order valence-corrected chi connectivity index (χ0v) is 12.5. The average Bonchev–Trinajstić information content (AvgIpc) is 2.39. The van der Waals surface area contributed by atoms with Crippen LogP contribution in [0, 0.1) is 5.41 Å². The Morgan fingerprint density at radius 2 is 1.75 bits per heavy atom. The van der Waals surface area contributed by atoms with Crippen LogP contribution in [-0.4, -0.2) is 34.8 Å². The molecule has 0 atom stereocenters. The first kappa shape index (κ1) is 18.4. The van der Waals surface area contributed by atoms with Gasteiger partial charge in [0.1, 0.15) is 6.54 Å². The van der Waals surface area contributed by atoms with Gasteiger partial charge in [-0.25, -0.2) is 5.01 Å². The minimum absolute atomic E-state index is 0.348. The number of hydrazone groups is 1. The van der Waals surface area contributed by atoms with Crippen molar-refractivity contribution < 1.29 is 9.90 Å². The minimum atomic E-state index is -1.05. The van der Waals surface area contributed by atoms with Gasteiger partial charge >= 0.3 is 5.97 Å². The van der Waals surface area contributed by atoms with Gasteiger partial charge in [-0.2, -0.15) is 5.10 Å². The van der Waals surface area contributed by atoms with Crippen molar-refractivity contribution in [3.8, 4) is 0 Å². The van der Waals surface area contributed by atoms with Crippen LogP contribution in [0.3, 0.4) is 0 Å². The van der Waals surface area contributed by atoms with Gasteiger partial charge in [0.05, 0.1) is 0 Å². The van der Waals surface area contributed by atoms with E-state index in [1.54, 1.807) is 6.21 Å². The van der Waals surface area contributed by atoms with Crippen molar-refractivity contribution in [1.82, 2.24) is 5.01 Å². The molecule has 4 N–H and O–H groups in total. The van der Waals surface area contributed by atoms with Crippen LogP contribution >= 0.6 is 0 Å². The molecule has 0 radical (unpaired) electrons. The quantitative estimate of drug-likeness (QED) is 0.222. The molecule has 20 heavy (non-hydrogen) atoms. The summed E-state index contributed by atoms with van der Waals surface area (Å²) in [6.07, 6.45) is 12.4. The van der Waals surface area contributed by atoms with Crippen LogP contribution in [0.4, 0.5) is 0 Å². The lowest BCUT2D eigenvalue weighted by atomic mass is 10.1. The van der Waals surface area contributed by atoms with E-state index in [0.717, 1.165) is 24.3 Å². The predicted octanol–water partition coefficient (Wildman–Crippen LogP) is 2.78. The number of rotatable bonds is 12. The Kier molecular flexibility index (Phi) is 11.5. The molecule has 0 amide bonds. The zero-order chi connectivity index (χ0) is 15.2. The maximum Gasteiger partial charge on any atom is 0.325 e. The highest BCUT2D eigenvalue weighted by Crippen LogP contribution is 2.08. The number of unbranched alkanes of at least 4 members (excludes halogenated alkanes) is 8. The van der Waals surface area contributed by atoms with Crippen LogP contribution in [0.25, 0.3) is 0 Å². The molecule has 0 aliphatic carbocycles. The van der Waals surface area contributed by atoms with E-state index in [4.69, 9.17) is 16.2 Å². The lowest BCUT2D eigenvalue weighted by Crippen LogP contribution is -2.36. The minimum Gasteiger partial charge on any atom is -0.480 e. The second-order valence-electron chi connectivity index (χ2n) is 4.90. The van der Waals surface area contributed by atoms with E-state index in [9.17, 15) is 4.79 Å². The highest BCUT2D eigenvalue weighted by molar-refractivity contribution is 5.80. The molecule has 6 heteroatoms. The van der Waals surface area contributed by atoms with E-state index < -0.39 is 5.97 Å². The number of nitrogens with one attached hydrogen (secondary N) is 1. The number of carbonyl (C=O) groups is 1. The molecule has 0 rings (SSSR count). The molecule has 0 bridgehead atoms. The fourth-order valence-corrected chi connectivity index (χ4v) is 1.84. The number of hydrogen-bond donors (Lipinski definition) is 3. The van der Waals surface area contributed by atoms with Crippen LogP contribution in [0.15, 0.2) is 5.10 Å². The molecule has 116 valence electrons. The first-order valence-corrected chi connectivity index (χ1v) is 7.43. The maximum atomic E-state index is 10.5. The summed E-state index contributed by atoms with van der Waals surface area (Å²) in [6, 6.07) is 0. The molecule has 0 heterocycles. The van der Waals surface area contributed by atoms with Crippen LogP contribution in [0.5, 0.6) is 0 Å². The van der Waals surface area contributed by atoms with Crippen molar-refractivity contribution in [2.45, 2.75) is 64.7 Å². The van der Waals surface area contributed by atoms with Crippen molar-refractivity contribution in [2.75, 3.05) is 6.54 Å². The molecule has 0 unspecified atom stereocenters. The molecular formula is C14H28N4O2. The normalized spacial score (nSPS) is 10.8. The Hall–Kier alpha value is -1.59. The van der Waals surface area contributed by atoms with Crippen molar-refractivity contribution >= 4 is 18.1 Å². The van der Waals surface area contributed by atoms with Gasteiger partial charge < -0.3 is 10.8 Å². The first-order chi connectivity index (χ1) is 9.57. The Labute approximate surface area is 121 Å². The molecule has 0 aliphatic rings. The molecule has 0 aromatic carbocycles. The standard InChI is InChI=1S/C14H28N4O2/c1-2-3-4-5-6-7-8-9-10-11-17-18(14(15)16)12-13(19)20/h11H,2-10,12H2,1H3,(H3,15,16)(H,19,20). The number of nitrogens with two attached hydrogens (primary N) is 1. The SMILES string of the molecule is CCCCCCCCCCC=NN(CC(=O)O)C(=N)N. The first-order valence-electron chi connectivity index (χ1n) is 7.43. The summed E-state index contributed by atoms with van der Waals surface area (Å²) in [4.78, 5) is 10.5. The Balaban J connectivity index is 3.58. The molecule has 0 saturated carbocycles. The lowest BCUT2D eigenvalue weighted by molar-refractivity contribution is -0.137.